The second kappa shape index (κ2) is 8.82. The van der Waals surface area contributed by atoms with Gasteiger partial charge in [-0.05, 0) is 35.4 Å². The molecule has 2 aromatic rings. The molecule has 0 fully saturated rings. The van der Waals surface area contributed by atoms with Crippen LogP contribution < -0.4 is 14.8 Å². The average molecular weight is 352 g/mol. The van der Waals surface area contributed by atoms with Gasteiger partial charge >= 0.3 is 0 Å². The summed E-state index contributed by atoms with van der Waals surface area (Å²) in [4.78, 5) is 0. The van der Waals surface area contributed by atoms with Gasteiger partial charge in [0.2, 0.25) is 0 Å². The molecule has 0 amide bonds. The van der Waals surface area contributed by atoms with Crippen LogP contribution in [0.4, 0.5) is 0 Å². The van der Waals surface area contributed by atoms with Gasteiger partial charge < -0.3 is 14.8 Å². The lowest BCUT2D eigenvalue weighted by molar-refractivity contribution is 0.284. The Morgan fingerprint density at radius 2 is 2.00 bits per heavy atom. The molecule has 0 radical (unpaired) electrons. The van der Waals surface area contributed by atoms with Crippen LogP contribution in [0.2, 0.25) is 10.0 Å². The first-order valence-corrected chi connectivity index (χ1v) is 7.95. The first-order valence-electron chi connectivity index (χ1n) is 7.19. The van der Waals surface area contributed by atoms with Crippen molar-refractivity contribution in [3.63, 3.8) is 0 Å². The van der Waals surface area contributed by atoms with E-state index < -0.39 is 0 Å². The van der Waals surface area contributed by atoms with Crippen molar-refractivity contribution < 1.29 is 9.47 Å². The van der Waals surface area contributed by atoms with Crippen molar-refractivity contribution in [2.75, 3.05) is 13.7 Å². The van der Waals surface area contributed by atoms with Gasteiger partial charge in [-0.2, -0.15) is 0 Å². The van der Waals surface area contributed by atoms with Crippen LogP contribution in [0.3, 0.4) is 0 Å². The number of methoxy groups -OCH3 is 1. The maximum atomic E-state index is 6.34. The lowest BCUT2D eigenvalue weighted by Gasteiger charge is -2.14. The fourth-order valence-electron chi connectivity index (χ4n) is 2.12. The third-order valence-electron chi connectivity index (χ3n) is 3.18. The van der Waals surface area contributed by atoms with Crippen LogP contribution in [0.25, 0.3) is 0 Å². The lowest BCUT2D eigenvalue weighted by atomic mass is 10.2. The number of hydrogen-bond donors (Lipinski definition) is 1. The zero-order chi connectivity index (χ0) is 16.7. The highest BCUT2D eigenvalue weighted by Gasteiger charge is 2.12. The van der Waals surface area contributed by atoms with E-state index in [-0.39, 0.29) is 0 Å². The minimum Gasteiger partial charge on any atom is -0.493 e. The van der Waals surface area contributed by atoms with E-state index in [0.717, 1.165) is 17.7 Å². The van der Waals surface area contributed by atoms with Crippen molar-refractivity contribution in [2.45, 2.75) is 13.2 Å². The molecule has 122 valence electrons. The van der Waals surface area contributed by atoms with Crippen molar-refractivity contribution in [1.82, 2.24) is 5.32 Å². The molecule has 0 unspecified atom stereocenters. The molecule has 0 saturated carbocycles. The maximum absolute atomic E-state index is 6.34. The molecule has 0 aliphatic rings. The number of rotatable bonds is 8. The Bertz CT molecular complexity index is 674. The Morgan fingerprint density at radius 1 is 1.17 bits per heavy atom. The van der Waals surface area contributed by atoms with Crippen molar-refractivity contribution in [2.24, 2.45) is 0 Å². The Hall–Kier alpha value is -1.68. The Morgan fingerprint density at radius 3 is 2.70 bits per heavy atom. The van der Waals surface area contributed by atoms with Gasteiger partial charge in [0.25, 0.3) is 0 Å². The fourth-order valence-corrected chi connectivity index (χ4v) is 2.62. The zero-order valence-electron chi connectivity index (χ0n) is 12.9. The molecule has 0 aliphatic carbocycles. The molecule has 0 aliphatic heterocycles. The molecule has 0 bridgehead atoms. The van der Waals surface area contributed by atoms with E-state index in [2.05, 4.69) is 11.9 Å². The fraction of sp³-hybridized carbons (Fsp3) is 0.222. The van der Waals surface area contributed by atoms with Crippen molar-refractivity contribution in [1.29, 1.82) is 0 Å². The highest BCUT2D eigenvalue weighted by atomic mass is 35.5. The molecular weight excluding hydrogens is 333 g/mol. The van der Waals surface area contributed by atoms with E-state index >= 15 is 0 Å². The van der Waals surface area contributed by atoms with Crippen LogP contribution in [0.1, 0.15) is 11.1 Å². The predicted octanol–water partition coefficient (Wildman–Crippen LogP) is 4.86. The van der Waals surface area contributed by atoms with Gasteiger partial charge in [0, 0.05) is 18.1 Å². The average Bonchev–Trinajstić information content (AvgIpc) is 2.53. The number of nitrogens with one attached hydrogen (secondary N) is 1. The molecule has 0 heterocycles. The van der Waals surface area contributed by atoms with E-state index in [1.54, 1.807) is 13.2 Å². The van der Waals surface area contributed by atoms with E-state index in [4.69, 9.17) is 32.7 Å². The Kier molecular flexibility index (Phi) is 6.78. The molecule has 0 saturated heterocycles. The quantitative estimate of drug-likeness (QED) is 0.544. The summed E-state index contributed by atoms with van der Waals surface area (Å²) in [5.74, 6) is 1.14. The molecule has 2 aromatic carbocycles. The van der Waals surface area contributed by atoms with Crippen LogP contribution in [0.5, 0.6) is 11.5 Å². The van der Waals surface area contributed by atoms with E-state index in [1.807, 2.05) is 36.4 Å². The topological polar surface area (TPSA) is 30.5 Å². The maximum Gasteiger partial charge on any atom is 0.180 e. The molecular formula is C18H19Cl2NO2. The first-order chi connectivity index (χ1) is 11.1. The summed E-state index contributed by atoms with van der Waals surface area (Å²) < 4.78 is 11.2. The molecule has 23 heavy (non-hydrogen) atoms. The van der Waals surface area contributed by atoms with Gasteiger partial charge in [0.1, 0.15) is 6.61 Å². The normalized spacial score (nSPS) is 10.4. The van der Waals surface area contributed by atoms with Crippen molar-refractivity contribution in [3.05, 3.63) is 70.2 Å². The monoisotopic (exact) mass is 351 g/mol. The summed E-state index contributed by atoms with van der Waals surface area (Å²) in [6.45, 7) is 5.45. The van der Waals surface area contributed by atoms with Crippen molar-refractivity contribution in [3.8, 4) is 11.5 Å². The Labute approximate surface area is 146 Å². The van der Waals surface area contributed by atoms with Crippen LogP contribution in [-0.2, 0) is 13.2 Å². The Balaban J connectivity index is 2.12. The number of ether oxygens (including phenoxy) is 2. The van der Waals surface area contributed by atoms with Gasteiger partial charge in [0.15, 0.2) is 11.5 Å². The largest absolute Gasteiger partial charge is 0.493 e. The molecule has 1 N–H and O–H groups in total. The smallest absolute Gasteiger partial charge is 0.180 e. The molecule has 0 atom stereocenters. The number of halogens is 2. The van der Waals surface area contributed by atoms with Crippen LogP contribution in [0, 0.1) is 0 Å². The van der Waals surface area contributed by atoms with Gasteiger partial charge in [-0.25, -0.2) is 0 Å². The first kappa shape index (κ1) is 17.7. The number of hydrogen-bond acceptors (Lipinski definition) is 3. The summed E-state index contributed by atoms with van der Waals surface area (Å²) in [5, 5.41) is 4.42. The molecule has 0 spiro atoms. The van der Waals surface area contributed by atoms with E-state index in [1.165, 1.54) is 0 Å². The molecule has 0 aromatic heterocycles. The highest BCUT2D eigenvalue weighted by Crippen LogP contribution is 2.37. The van der Waals surface area contributed by atoms with Crippen LogP contribution >= 0.6 is 23.2 Å². The summed E-state index contributed by atoms with van der Waals surface area (Å²) in [7, 11) is 1.60. The second-order valence-corrected chi connectivity index (χ2v) is 5.79. The summed E-state index contributed by atoms with van der Waals surface area (Å²) >= 11 is 12.3. The standard InChI is InChI=1S/C18H19Cl2NO2/c1-3-7-21-11-14-9-16(20)18(17(10-14)22-2)23-12-13-5-4-6-15(19)8-13/h3-6,8-10,21H,1,7,11-12H2,2H3. The van der Waals surface area contributed by atoms with Gasteiger partial charge in [-0.1, -0.05) is 41.4 Å². The summed E-state index contributed by atoms with van der Waals surface area (Å²) in [6.07, 6.45) is 1.81. The van der Waals surface area contributed by atoms with Crippen molar-refractivity contribution >= 4 is 23.2 Å². The van der Waals surface area contributed by atoms with E-state index in [9.17, 15) is 0 Å². The lowest BCUT2D eigenvalue weighted by Crippen LogP contribution is -2.12. The SMILES string of the molecule is C=CCNCc1cc(Cl)c(OCc2cccc(Cl)c2)c(OC)c1. The third-order valence-corrected chi connectivity index (χ3v) is 3.70. The minimum atomic E-state index is 0.366. The van der Waals surface area contributed by atoms with Gasteiger partial charge in [-0.3, -0.25) is 0 Å². The second-order valence-electron chi connectivity index (χ2n) is 4.95. The third kappa shape index (κ3) is 5.17. The van der Waals surface area contributed by atoms with Crippen LogP contribution in [-0.4, -0.2) is 13.7 Å². The molecule has 5 heteroatoms. The zero-order valence-corrected chi connectivity index (χ0v) is 14.5. The highest BCUT2D eigenvalue weighted by molar-refractivity contribution is 6.32. The predicted molar refractivity (Wildman–Crippen MR) is 95.7 cm³/mol. The molecule has 2 rings (SSSR count). The van der Waals surface area contributed by atoms with Crippen LogP contribution in [0.15, 0.2) is 49.1 Å². The molecule has 3 nitrogen and oxygen atoms in total. The summed E-state index contributed by atoms with van der Waals surface area (Å²) in [6, 6.07) is 11.3. The van der Waals surface area contributed by atoms with Gasteiger partial charge in [0.05, 0.1) is 12.1 Å². The number of benzene rings is 2. The van der Waals surface area contributed by atoms with E-state index in [0.29, 0.717) is 34.7 Å². The summed E-state index contributed by atoms with van der Waals surface area (Å²) in [5.41, 5.74) is 1.98. The minimum absolute atomic E-state index is 0.366. The van der Waals surface area contributed by atoms with Gasteiger partial charge in [-0.15, -0.1) is 6.58 Å².